The maximum atomic E-state index is 14.5. The van der Waals surface area contributed by atoms with E-state index in [1.807, 2.05) is 23.6 Å². The number of hydrogen-bond acceptors (Lipinski definition) is 5. The van der Waals surface area contributed by atoms with Gasteiger partial charge in [0.05, 0.1) is 24.1 Å². The van der Waals surface area contributed by atoms with Crippen molar-refractivity contribution in [3.05, 3.63) is 65.2 Å². The van der Waals surface area contributed by atoms with Crippen molar-refractivity contribution in [2.45, 2.75) is 24.8 Å². The molecule has 3 heterocycles. The van der Waals surface area contributed by atoms with Crippen LogP contribution in [-0.4, -0.2) is 23.6 Å². The predicted molar refractivity (Wildman–Crippen MR) is 101 cm³/mol. The molecule has 0 spiro atoms. The van der Waals surface area contributed by atoms with Gasteiger partial charge in [0.15, 0.2) is 0 Å². The molecular formula is C20H20FN3OS. The van der Waals surface area contributed by atoms with E-state index in [0.717, 1.165) is 37.2 Å². The summed E-state index contributed by atoms with van der Waals surface area (Å²) in [5, 5.41) is 6.26. The van der Waals surface area contributed by atoms with E-state index in [0.29, 0.717) is 16.3 Å². The van der Waals surface area contributed by atoms with Crippen molar-refractivity contribution in [3.63, 3.8) is 0 Å². The number of nitrogens with zero attached hydrogens (tertiary/aromatic N) is 2. The summed E-state index contributed by atoms with van der Waals surface area (Å²) in [6, 6.07) is 10.8. The lowest BCUT2D eigenvalue weighted by Crippen LogP contribution is -2.47. The molecule has 0 saturated carbocycles. The average Bonchev–Trinajstić information content (AvgIpc) is 3.19. The molecule has 1 N–H and O–H groups in total. The Hall–Kier alpha value is -2.31. The minimum Gasteiger partial charge on any atom is -0.496 e. The normalized spacial score (nSPS) is 20.1. The molecule has 1 fully saturated rings. The third kappa shape index (κ3) is 2.89. The highest BCUT2D eigenvalue weighted by Crippen LogP contribution is 2.40. The van der Waals surface area contributed by atoms with Crippen LogP contribution >= 0.6 is 11.3 Å². The number of methoxy groups -OCH3 is 1. The number of rotatable bonds is 4. The van der Waals surface area contributed by atoms with Crippen LogP contribution in [0.5, 0.6) is 5.75 Å². The van der Waals surface area contributed by atoms with Gasteiger partial charge in [-0.1, -0.05) is 12.1 Å². The number of ether oxygens (including phenoxy) is 1. The molecule has 1 atom stereocenters. The number of hydrogen-bond donors (Lipinski definition) is 1. The maximum Gasteiger partial charge on any atom is 0.137 e. The Morgan fingerprint density at radius 2 is 2.08 bits per heavy atom. The Bertz CT molecular complexity index is 891. The first-order valence-electron chi connectivity index (χ1n) is 8.70. The second-order valence-corrected chi connectivity index (χ2v) is 7.22. The Morgan fingerprint density at radius 1 is 1.15 bits per heavy atom. The Labute approximate surface area is 156 Å². The van der Waals surface area contributed by atoms with Gasteiger partial charge in [-0.05, 0) is 50.1 Å². The minimum atomic E-state index is -0.424. The fourth-order valence-electron chi connectivity index (χ4n) is 3.56. The quantitative estimate of drug-likeness (QED) is 0.742. The van der Waals surface area contributed by atoms with Crippen LogP contribution in [0.15, 0.2) is 48.0 Å². The van der Waals surface area contributed by atoms with Crippen molar-refractivity contribution >= 4 is 11.3 Å². The maximum absolute atomic E-state index is 14.5. The number of thiazole rings is 1. The van der Waals surface area contributed by atoms with Gasteiger partial charge in [0, 0.05) is 11.6 Å². The van der Waals surface area contributed by atoms with Crippen molar-refractivity contribution in [1.29, 1.82) is 0 Å². The summed E-state index contributed by atoms with van der Waals surface area (Å²) >= 11 is 1.43. The van der Waals surface area contributed by atoms with Crippen LogP contribution in [0.1, 0.15) is 30.7 Å². The highest BCUT2D eigenvalue weighted by atomic mass is 32.1. The van der Waals surface area contributed by atoms with E-state index in [-0.39, 0.29) is 5.82 Å². The summed E-state index contributed by atoms with van der Waals surface area (Å²) in [5.74, 6) is 0.170. The first-order chi connectivity index (χ1) is 12.7. The van der Waals surface area contributed by atoms with E-state index in [1.165, 1.54) is 17.4 Å². The molecule has 0 radical (unpaired) electrons. The highest BCUT2D eigenvalue weighted by Gasteiger charge is 2.39. The molecule has 1 aliphatic heterocycles. The highest BCUT2D eigenvalue weighted by molar-refractivity contribution is 7.13. The largest absolute Gasteiger partial charge is 0.496 e. The second kappa shape index (κ2) is 7.13. The van der Waals surface area contributed by atoms with E-state index in [2.05, 4.69) is 10.3 Å². The molecule has 0 aliphatic carbocycles. The van der Waals surface area contributed by atoms with E-state index in [9.17, 15) is 4.39 Å². The Kier molecular flexibility index (Phi) is 4.70. The van der Waals surface area contributed by atoms with Crippen LogP contribution in [0.4, 0.5) is 4.39 Å². The standard InChI is InChI=1S/C20H20FN3OS/c1-25-15-8-6-7-14(21)18(15)19-24-17(13-26-19)20(10-3-5-12-23-20)16-9-2-4-11-22-16/h2,4,6-9,11,13,23H,3,5,10,12H2,1H3/t20-/m0/s1. The molecule has 4 rings (SSSR count). The van der Waals surface area contributed by atoms with Gasteiger partial charge >= 0.3 is 0 Å². The molecule has 1 aliphatic rings. The summed E-state index contributed by atoms with van der Waals surface area (Å²) in [7, 11) is 1.55. The monoisotopic (exact) mass is 369 g/mol. The fraction of sp³-hybridized carbons (Fsp3) is 0.300. The number of benzene rings is 1. The summed E-state index contributed by atoms with van der Waals surface area (Å²) in [6.07, 6.45) is 4.95. The van der Waals surface area contributed by atoms with E-state index >= 15 is 0 Å². The SMILES string of the molecule is COc1cccc(F)c1-c1nc([C@@]2(c3ccccn3)CCCCN2)cs1. The van der Waals surface area contributed by atoms with E-state index in [1.54, 1.807) is 25.4 Å². The average molecular weight is 369 g/mol. The molecule has 4 nitrogen and oxygen atoms in total. The number of piperidine rings is 1. The van der Waals surface area contributed by atoms with Crippen LogP contribution in [0.2, 0.25) is 0 Å². The molecule has 0 amide bonds. The van der Waals surface area contributed by atoms with Crippen molar-refractivity contribution in [1.82, 2.24) is 15.3 Å². The molecule has 0 bridgehead atoms. The topological polar surface area (TPSA) is 47.0 Å². The Balaban J connectivity index is 1.81. The van der Waals surface area contributed by atoms with Gasteiger partial charge in [0.2, 0.25) is 0 Å². The molecule has 0 unspecified atom stereocenters. The van der Waals surface area contributed by atoms with Gasteiger partial charge in [-0.15, -0.1) is 11.3 Å². The van der Waals surface area contributed by atoms with E-state index < -0.39 is 5.54 Å². The second-order valence-electron chi connectivity index (χ2n) is 6.36. The Morgan fingerprint density at radius 3 is 2.81 bits per heavy atom. The van der Waals surface area contributed by atoms with Crippen LogP contribution in [0.25, 0.3) is 10.6 Å². The summed E-state index contributed by atoms with van der Waals surface area (Å²) in [4.78, 5) is 9.41. The molecule has 1 saturated heterocycles. The van der Waals surface area contributed by atoms with Gasteiger partial charge in [0.25, 0.3) is 0 Å². The molecule has 1 aromatic carbocycles. The molecule has 134 valence electrons. The molecule has 6 heteroatoms. The van der Waals surface area contributed by atoms with Gasteiger partial charge in [-0.3, -0.25) is 4.98 Å². The number of nitrogens with one attached hydrogen (secondary N) is 1. The lowest BCUT2D eigenvalue weighted by atomic mass is 9.83. The number of aromatic nitrogens is 2. The zero-order valence-corrected chi connectivity index (χ0v) is 15.4. The number of pyridine rings is 1. The van der Waals surface area contributed by atoms with Crippen LogP contribution in [-0.2, 0) is 5.54 Å². The zero-order chi connectivity index (χ0) is 18.0. The lowest BCUT2D eigenvalue weighted by Gasteiger charge is -2.36. The predicted octanol–water partition coefficient (Wildman–Crippen LogP) is 4.37. The van der Waals surface area contributed by atoms with Crippen LogP contribution in [0, 0.1) is 5.82 Å². The number of halogens is 1. The van der Waals surface area contributed by atoms with Crippen molar-refractivity contribution in [3.8, 4) is 16.3 Å². The van der Waals surface area contributed by atoms with Crippen LogP contribution in [0.3, 0.4) is 0 Å². The van der Waals surface area contributed by atoms with Gasteiger partial charge < -0.3 is 10.1 Å². The third-order valence-electron chi connectivity index (χ3n) is 4.86. The zero-order valence-electron chi connectivity index (χ0n) is 14.5. The molecule has 26 heavy (non-hydrogen) atoms. The van der Waals surface area contributed by atoms with Gasteiger partial charge in [-0.25, -0.2) is 9.37 Å². The van der Waals surface area contributed by atoms with Crippen molar-refractivity contribution in [2.24, 2.45) is 0 Å². The van der Waals surface area contributed by atoms with Crippen molar-refractivity contribution in [2.75, 3.05) is 13.7 Å². The van der Waals surface area contributed by atoms with Gasteiger partial charge in [0.1, 0.15) is 22.1 Å². The summed E-state index contributed by atoms with van der Waals surface area (Å²) in [6.45, 7) is 0.909. The summed E-state index contributed by atoms with van der Waals surface area (Å²) < 4.78 is 19.8. The first-order valence-corrected chi connectivity index (χ1v) is 9.58. The van der Waals surface area contributed by atoms with Gasteiger partial charge in [-0.2, -0.15) is 0 Å². The smallest absolute Gasteiger partial charge is 0.137 e. The van der Waals surface area contributed by atoms with E-state index in [4.69, 9.17) is 9.72 Å². The third-order valence-corrected chi connectivity index (χ3v) is 5.72. The summed E-state index contributed by atoms with van der Waals surface area (Å²) in [5.41, 5.74) is 1.84. The molecule has 3 aromatic rings. The van der Waals surface area contributed by atoms with Crippen molar-refractivity contribution < 1.29 is 9.13 Å². The fourth-order valence-corrected chi connectivity index (χ4v) is 4.50. The lowest BCUT2D eigenvalue weighted by molar-refractivity contribution is 0.297. The minimum absolute atomic E-state index is 0.325. The van der Waals surface area contributed by atoms with Crippen LogP contribution < -0.4 is 10.1 Å². The molecule has 2 aromatic heterocycles. The molecular weight excluding hydrogens is 349 g/mol. The first kappa shape index (κ1) is 17.1.